The zero-order chi connectivity index (χ0) is 12.4. The molecule has 1 N–H and O–H groups in total. The molecule has 0 aromatic heterocycles. The summed E-state index contributed by atoms with van der Waals surface area (Å²) in [5, 5.41) is 9.16. The third kappa shape index (κ3) is 2.77. The van der Waals surface area contributed by atoms with Crippen LogP contribution >= 0.6 is 0 Å². The van der Waals surface area contributed by atoms with Crippen LogP contribution in [0.4, 0.5) is 0 Å². The molecule has 1 saturated carbocycles. The number of carboxylic acids is 1. The summed E-state index contributed by atoms with van der Waals surface area (Å²) >= 11 is 0. The topological polar surface area (TPSA) is 60.9 Å². The maximum atomic E-state index is 12.1. The van der Waals surface area contributed by atoms with Gasteiger partial charge in [0.2, 0.25) is 5.91 Å². The molecule has 0 aromatic carbocycles. The van der Waals surface area contributed by atoms with E-state index >= 15 is 0 Å². The van der Waals surface area contributed by atoms with Crippen molar-refractivity contribution < 1.29 is 14.7 Å². The molecule has 0 aromatic rings. The highest BCUT2D eigenvalue weighted by atomic mass is 16.4. The predicted octanol–water partition coefficient (Wildman–Crippen LogP) is 0.404. The Morgan fingerprint density at radius 1 is 1.29 bits per heavy atom. The summed E-state index contributed by atoms with van der Waals surface area (Å²) in [7, 11) is 1.81. The molecule has 1 atom stereocenters. The van der Waals surface area contributed by atoms with Gasteiger partial charge in [-0.25, -0.2) is 0 Å². The number of carboxylic acid groups (broad SMARTS) is 1. The Balaban J connectivity index is 2.11. The van der Waals surface area contributed by atoms with E-state index in [-0.39, 0.29) is 11.9 Å². The van der Waals surface area contributed by atoms with Crippen LogP contribution < -0.4 is 0 Å². The number of hydrogen-bond donors (Lipinski definition) is 1. The summed E-state index contributed by atoms with van der Waals surface area (Å²) in [5.74, 6) is -1.16. The van der Waals surface area contributed by atoms with Gasteiger partial charge in [0.15, 0.2) is 0 Å². The Kier molecular flexibility index (Phi) is 3.66. The molecule has 1 amide bonds. The van der Waals surface area contributed by atoms with E-state index in [2.05, 4.69) is 0 Å². The van der Waals surface area contributed by atoms with Crippen molar-refractivity contribution >= 4 is 11.9 Å². The van der Waals surface area contributed by atoms with E-state index in [4.69, 9.17) is 5.11 Å². The summed E-state index contributed by atoms with van der Waals surface area (Å²) in [6.45, 7) is 1.19. The fourth-order valence-electron chi connectivity index (χ4n) is 2.88. The minimum Gasteiger partial charge on any atom is -0.481 e. The number of nitrogens with zero attached hydrogens (tertiary/aromatic N) is 2. The van der Waals surface area contributed by atoms with Gasteiger partial charge in [0.1, 0.15) is 0 Å². The summed E-state index contributed by atoms with van der Waals surface area (Å²) in [6, 6.07) is 0.274. The van der Waals surface area contributed by atoms with Crippen LogP contribution in [0, 0.1) is 5.92 Å². The average molecular weight is 240 g/mol. The number of amides is 1. The van der Waals surface area contributed by atoms with E-state index in [1.165, 1.54) is 0 Å². The van der Waals surface area contributed by atoms with Crippen molar-refractivity contribution in [2.45, 2.75) is 31.7 Å². The van der Waals surface area contributed by atoms with E-state index in [0.717, 1.165) is 25.7 Å². The summed E-state index contributed by atoms with van der Waals surface area (Å²) in [6.07, 6.45) is 4.37. The minimum absolute atomic E-state index is 0.0863. The lowest BCUT2D eigenvalue weighted by atomic mass is 10.1. The zero-order valence-electron chi connectivity index (χ0n) is 10.3. The number of likely N-dealkylation sites (N-methyl/N-ethyl adjacent to an activating group) is 1. The molecule has 2 fully saturated rings. The van der Waals surface area contributed by atoms with Crippen LogP contribution in [-0.2, 0) is 9.59 Å². The maximum absolute atomic E-state index is 12.1. The molecule has 1 saturated heterocycles. The quantitative estimate of drug-likeness (QED) is 0.759. The van der Waals surface area contributed by atoms with E-state index < -0.39 is 11.9 Å². The van der Waals surface area contributed by atoms with Gasteiger partial charge in [-0.1, -0.05) is 12.8 Å². The molecular weight excluding hydrogens is 220 g/mol. The molecule has 0 radical (unpaired) electrons. The van der Waals surface area contributed by atoms with Gasteiger partial charge in [0.05, 0.1) is 12.5 Å². The van der Waals surface area contributed by atoms with Gasteiger partial charge in [-0.05, 0) is 19.9 Å². The number of carbonyl (C=O) groups is 2. The van der Waals surface area contributed by atoms with Gasteiger partial charge < -0.3 is 10.0 Å². The molecule has 1 unspecified atom stereocenters. The lowest BCUT2D eigenvalue weighted by Gasteiger charge is -2.28. The second-order valence-corrected chi connectivity index (χ2v) is 5.22. The maximum Gasteiger partial charge on any atom is 0.309 e. The zero-order valence-corrected chi connectivity index (χ0v) is 10.3. The fourth-order valence-corrected chi connectivity index (χ4v) is 2.88. The van der Waals surface area contributed by atoms with Crippen LogP contribution in [0.15, 0.2) is 0 Å². The molecule has 1 aliphatic heterocycles. The predicted molar refractivity (Wildman–Crippen MR) is 62.6 cm³/mol. The summed E-state index contributed by atoms with van der Waals surface area (Å²) in [5.41, 5.74) is 0. The molecule has 17 heavy (non-hydrogen) atoms. The van der Waals surface area contributed by atoms with Gasteiger partial charge in [-0.15, -0.1) is 0 Å². The molecule has 1 heterocycles. The molecule has 96 valence electrons. The van der Waals surface area contributed by atoms with Gasteiger partial charge in [0, 0.05) is 19.1 Å². The SMILES string of the molecule is CN1CC(=O)N(C2CCCC2)CC(C(=O)O)C1. The molecule has 5 nitrogen and oxygen atoms in total. The Labute approximate surface area is 101 Å². The summed E-state index contributed by atoms with van der Waals surface area (Å²) < 4.78 is 0. The molecule has 0 spiro atoms. The molecule has 2 aliphatic rings. The van der Waals surface area contributed by atoms with Gasteiger partial charge in [-0.3, -0.25) is 14.5 Å². The highest BCUT2D eigenvalue weighted by molar-refractivity contribution is 5.80. The number of aliphatic carboxylic acids is 1. The van der Waals surface area contributed by atoms with Crippen molar-refractivity contribution in [1.29, 1.82) is 0 Å². The molecule has 5 heteroatoms. The third-order valence-electron chi connectivity index (χ3n) is 3.79. The average Bonchev–Trinajstić information content (AvgIpc) is 2.71. The fraction of sp³-hybridized carbons (Fsp3) is 0.833. The lowest BCUT2D eigenvalue weighted by molar-refractivity contribution is -0.143. The molecule has 1 aliphatic carbocycles. The van der Waals surface area contributed by atoms with E-state index in [1.807, 2.05) is 16.8 Å². The van der Waals surface area contributed by atoms with Crippen LogP contribution in [0.5, 0.6) is 0 Å². The monoisotopic (exact) mass is 240 g/mol. The number of hydrogen-bond acceptors (Lipinski definition) is 3. The highest BCUT2D eigenvalue weighted by Crippen LogP contribution is 2.25. The van der Waals surface area contributed by atoms with Crippen molar-refractivity contribution in [2.75, 3.05) is 26.7 Å². The van der Waals surface area contributed by atoms with Crippen molar-refractivity contribution in [3.63, 3.8) is 0 Å². The van der Waals surface area contributed by atoms with E-state index in [1.54, 1.807) is 0 Å². The largest absolute Gasteiger partial charge is 0.481 e. The Morgan fingerprint density at radius 3 is 2.53 bits per heavy atom. The smallest absolute Gasteiger partial charge is 0.309 e. The van der Waals surface area contributed by atoms with Crippen molar-refractivity contribution in [3.05, 3.63) is 0 Å². The van der Waals surface area contributed by atoms with Crippen LogP contribution in [0.2, 0.25) is 0 Å². The van der Waals surface area contributed by atoms with Crippen molar-refractivity contribution in [2.24, 2.45) is 5.92 Å². The van der Waals surface area contributed by atoms with Gasteiger partial charge in [0.25, 0.3) is 0 Å². The second kappa shape index (κ2) is 5.04. The Morgan fingerprint density at radius 2 is 1.94 bits per heavy atom. The van der Waals surface area contributed by atoms with Gasteiger partial charge >= 0.3 is 5.97 Å². The second-order valence-electron chi connectivity index (χ2n) is 5.22. The Hall–Kier alpha value is -1.10. The van der Waals surface area contributed by atoms with Crippen LogP contribution in [0.1, 0.15) is 25.7 Å². The Bertz CT molecular complexity index is 313. The highest BCUT2D eigenvalue weighted by Gasteiger charge is 2.34. The lowest BCUT2D eigenvalue weighted by Crippen LogP contribution is -2.43. The minimum atomic E-state index is -0.797. The first kappa shape index (κ1) is 12.4. The normalized spacial score (nSPS) is 28.4. The first-order valence-electron chi connectivity index (χ1n) is 6.28. The standard InChI is InChI=1S/C12H20N2O3/c1-13-6-9(12(16)17)7-14(11(15)8-13)10-4-2-3-5-10/h9-10H,2-8H2,1H3,(H,16,17). The number of rotatable bonds is 2. The van der Waals surface area contributed by atoms with Gasteiger partial charge in [-0.2, -0.15) is 0 Å². The van der Waals surface area contributed by atoms with Crippen molar-refractivity contribution in [1.82, 2.24) is 9.80 Å². The molecule has 2 rings (SSSR count). The van der Waals surface area contributed by atoms with Crippen LogP contribution in [0.25, 0.3) is 0 Å². The summed E-state index contributed by atoms with van der Waals surface area (Å²) in [4.78, 5) is 26.9. The van der Waals surface area contributed by atoms with Crippen LogP contribution in [-0.4, -0.2) is 59.5 Å². The first-order chi connectivity index (χ1) is 8.08. The van der Waals surface area contributed by atoms with Crippen molar-refractivity contribution in [3.8, 4) is 0 Å². The third-order valence-corrected chi connectivity index (χ3v) is 3.79. The first-order valence-corrected chi connectivity index (χ1v) is 6.28. The van der Waals surface area contributed by atoms with E-state index in [0.29, 0.717) is 19.6 Å². The van der Waals surface area contributed by atoms with E-state index in [9.17, 15) is 9.59 Å². The molecule has 0 bridgehead atoms. The number of carbonyl (C=O) groups excluding carboxylic acids is 1. The molecular formula is C12H20N2O3. The van der Waals surface area contributed by atoms with Crippen LogP contribution in [0.3, 0.4) is 0 Å².